The molecule has 0 radical (unpaired) electrons. The first-order chi connectivity index (χ1) is 8.29. The van der Waals surface area contributed by atoms with E-state index in [4.69, 9.17) is 0 Å². The molecule has 1 heterocycles. The fourth-order valence-electron chi connectivity index (χ4n) is 2.43. The number of fused-ring (bicyclic) bond motifs is 1. The highest BCUT2D eigenvalue weighted by atomic mass is 16.2. The zero-order chi connectivity index (χ0) is 11.8. The number of benzene rings is 2. The van der Waals surface area contributed by atoms with Gasteiger partial charge in [-0.3, -0.25) is 4.79 Å². The third-order valence-electron chi connectivity index (χ3n) is 3.28. The van der Waals surface area contributed by atoms with Crippen LogP contribution in [-0.4, -0.2) is 5.91 Å². The van der Waals surface area contributed by atoms with Crippen molar-refractivity contribution in [3.8, 4) is 0 Å². The highest BCUT2D eigenvalue weighted by molar-refractivity contribution is 6.10. The summed E-state index contributed by atoms with van der Waals surface area (Å²) < 4.78 is 0. The van der Waals surface area contributed by atoms with Gasteiger partial charge >= 0.3 is 0 Å². The van der Waals surface area contributed by atoms with E-state index in [1.807, 2.05) is 59.5 Å². The van der Waals surface area contributed by atoms with Crippen LogP contribution in [0.3, 0.4) is 0 Å². The van der Waals surface area contributed by atoms with Crippen LogP contribution < -0.4 is 4.90 Å². The van der Waals surface area contributed by atoms with Crippen LogP contribution >= 0.6 is 0 Å². The van der Waals surface area contributed by atoms with Crippen molar-refractivity contribution in [2.45, 2.75) is 13.0 Å². The van der Waals surface area contributed by atoms with Gasteiger partial charge in [0.25, 0.3) is 5.91 Å². The van der Waals surface area contributed by atoms with E-state index in [1.165, 1.54) is 0 Å². The third-order valence-corrected chi connectivity index (χ3v) is 3.28. The quantitative estimate of drug-likeness (QED) is 0.725. The molecule has 0 N–H and O–H groups in total. The molecule has 0 saturated heterocycles. The first kappa shape index (κ1) is 10.1. The van der Waals surface area contributed by atoms with Crippen molar-refractivity contribution in [3.63, 3.8) is 0 Å². The molecule has 3 rings (SSSR count). The van der Waals surface area contributed by atoms with Crippen molar-refractivity contribution in [2.24, 2.45) is 0 Å². The molecule has 84 valence electrons. The average molecular weight is 223 g/mol. The fourth-order valence-corrected chi connectivity index (χ4v) is 2.43. The molecule has 2 aromatic carbocycles. The Hall–Kier alpha value is -2.09. The maximum Gasteiger partial charge on any atom is 0.259 e. The number of hydrogen-bond acceptors (Lipinski definition) is 1. The van der Waals surface area contributed by atoms with Crippen LogP contribution in [0, 0.1) is 0 Å². The summed E-state index contributed by atoms with van der Waals surface area (Å²) in [4.78, 5) is 14.2. The van der Waals surface area contributed by atoms with Gasteiger partial charge in [0.15, 0.2) is 0 Å². The van der Waals surface area contributed by atoms with Gasteiger partial charge in [0, 0.05) is 11.3 Å². The lowest BCUT2D eigenvalue weighted by Crippen LogP contribution is -2.25. The number of carbonyl (C=O) groups excluding carboxylic acids is 1. The maximum atomic E-state index is 12.3. The van der Waals surface area contributed by atoms with E-state index in [0.29, 0.717) is 0 Å². The van der Waals surface area contributed by atoms with E-state index in [-0.39, 0.29) is 11.9 Å². The summed E-state index contributed by atoms with van der Waals surface area (Å²) >= 11 is 0. The van der Waals surface area contributed by atoms with Crippen molar-refractivity contribution in [1.82, 2.24) is 0 Å². The molecule has 0 spiro atoms. The number of para-hydroxylation sites is 1. The number of nitrogens with zero attached hydrogens (tertiary/aromatic N) is 1. The zero-order valence-electron chi connectivity index (χ0n) is 9.63. The Morgan fingerprint density at radius 1 is 0.941 bits per heavy atom. The Kier molecular flexibility index (Phi) is 2.22. The predicted octanol–water partition coefficient (Wildman–Crippen LogP) is 3.41. The van der Waals surface area contributed by atoms with Gasteiger partial charge in [-0.2, -0.15) is 0 Å². The Morgan fingerprint density at radius 2 is 1.59 bits per heavy atom. The molecule has 1 aliphatic heterocycles. The van der Waals surface area contributed by atoms with E-state index in [1.54, 1.807) is 0 Å². The molecule has 17 heavy (non-hydrogen) atoms. The number of rotatable bonds is 1. The lowest BCUT2D eigenvalue weighted by atomic mass is 10.1. The number of hydrogen-bond donors (Lipinski definition) is 0. The molecule has 0 fully saturated rings. The van der Waals surface area contributed by atoms with Gasteiger partial charge in [-0.1, -0.05) is 36.4 Å². The Morgan fingerprint density at radius 3 is 2.29 bits per heavy atom. The van der Waals surface area contributed by atoms with E-state index in [2.05, 4.69) is 6.92 Å². The SMILES string of the molecule is C[C@@H]1c2ccccc2C(=O)N1c1ccccc1. The van der Waals surface area contributed by atoms with Gasteiger partial charge in [0.05, 0.1) is 6.04 Å². The Labute approximate surface area is 100 Å². The molecule has 1 aliphatic rings. The number of carbonyl (C=O) groups is 1. The van der Waals surface area contributed by atoms with Gasteiger partial charge in [-0.05, 0) is 30.7 Å². The van der Waals surface area contributed by atoms with Crippen molar-refractivity contribution in [3.05, 3.63) is 65.7 Å². The van der Waals surface area contributed by atoms with Gasteiger partial charge in [0.2, 0.25) is 0 Å². The Bertz CT molecular complexity index is 562. The van der Waals surface area contributed by atoms with Crippen molar-refractivity contribution >= 4 is 11.6 Å². The first-order valence-electron chi connectivity index (χ1n) is 5.76. The molecular weight excluding hydrogens is 210 g/mol. The van der Waals surface area contributed by atoms with Crippen LogP contribution in [0.4, 0.5) is 5.69 Å². The summed E-state index contributed by atoms with van der Waals surface area (Å²) in [6.07, 6.45) is 0. The molecule has 2 nitrogen and oxygen atoms in total. The Balaban J connectivity index is 2.10. The molecule has 0 aliphatic carbocycles. The second kappa shape index (κ2) is 3.74. The number of amides is 1. The standard InChI is InChI=1S/C15H13NO/c1-11-13-9-5-6-10-14(13)15(17)16(11)12-7-3-2-4-8-12/h2-11H,1H3/t11-/m1/s1. The largest absolute Gasteiger partial charge is 0.301 e. The predicted molar refractivity (Wildman–Crippen MR) is 68.1 cm³/mol. The molecule has 0 unspecified atom stereocenters. The molecule has 0 saturated carbocycles. The van der Waals surface area contributed by atoms with Crippen molar-refractivity contribution in [2.75, 3.05) is 4.90 Å². The zero-order valence-corrected chi connectivity index (χ0v) is 9.63. The van der Waals surface area contributed by atoms with Gasteiger partial charge in [-0.15, -0.1) is 0 Å². The smallest absolute Gasteiger partial charge is 0.259 e. The highest BCUT2D eigenvalue weighted by Gasteiger charge is 2.34. The minimum atomic E-state index is 0.0966. The lowest BCUT2D eigenvalue weighted by molar-refractivity contribution is 0.0992. The number of anilines is 1. The highest BCUT2D eigenvalue weighted by Crippen LogP contribution is 2.36. The van der Waals surface area contributed by atoms with Crippen LogP contribution in [0.2, 0.25) is 0 Å². The molecule has 2 heteroatoms. The molecular formula is C15H13NO. The van der Waals surface area contributed by atoms with Crippen molar-refractivity contribution in [1.29, 1.82) is 0 Å². The molecule has 0 bridgehead atoms. The molecule has 1 amide bonds. The van der Waals surface area contributed by atoms with Crippen LogP contribution in [0.15, 0.2) is 54.6 Å². The summed E-state index contributed by atoms with van der Waals surface area (Å²) in [6.45, 7) is 2.07. The van der Waals surface area contributed by atoms with E-state index in [0.717, 1.165) is 16.8 Å². The monoisotopic (exact) mass is 223 g/mol. The summed E-state index contributed by atoms with van der Waals surface area (Å²) in [5, 5.41) is 0. The summed E-state index contributed by atoms with van der Waals surface area (Å²) in [7, 11) is 0. The molecule has 2 aromatic rings. The van der Waals surface area contributed by atoms with Gasteiger partial charge < -0.3 is 4.90 Å². The van der Waals surface area contributed by atoms with Crippen LogP contribution in [-0.2, 0) is 0 Å². The van der Waals surface area contributed by atoms with Crippen LogP contribution in [0.25, 0.3) is 0 Å². The normalized spacial score (nSPS) is 18.3. The van der Waals surface area contributed by atoms with E-state index >= 15 is 0 Å². The van der Waals surface area contributed by atoms with E-state index < -0.39 is 0 Å². The summed E-state index contributed by atoms with van der Waals surface area (Å²) in [5.41, 5.74) is 2.89. The van der Waals surface area contributed by atoms with E-state index in [9.17, 15) is 4.79 Å². The minimum absolute atomic E-state index is 0.0966. The van der Waals surface area contributed by atoms with Crippen LogP contribution in [0.1, 0.15) is 28.9 Å². The minimum Gasteiger partial charge on any atom is -0.301 e. The lowest BCUT2D eigenvalue weighted by Gasteiger charge is -2.21. The van der Waals surface area contributed by atoms with Crippen molar-refractivity contribution < 1.29 is 4.79 Å². The topological polar surface area (TPSA) is 20.3 Å². The van der Waals surface area contributed by atoms with Gasteiger partial charge in [-0.25, -0.2) is 0 Å². The maximum absolute atomic E-state index is 12.3. The molecule has 1 atom stereocenters. The average Bonchev–Trinajstić information content (AvgIpc) is 2.64. The second-order valence-electron chi connectivity index (χ2n) is 4.27. The third kappa shape index (κ3) is 1.45. The van der Waals surface area contributed by atoms with Crippen LogP contribution in [0.5, 0.6) is 0 Å². The second-order valence-corrected chi connectivity index (χ2v) is 4.27. The fraction of sp³-hybridized carbons (Fsp3) is 0.133. The first-order valence-corrected chi connectivity index (χ1v) is 5.76. The molecule has 0 aromatic heterocycles. The summed E-state index contributed by atoms with van der Waals surface area (Å²) in [5.74, 6) is 0.0966. The van der Waals surface area contributed by atoms with Gasteiger partial charge in [0.1, 0.15) is 0 Å². The summed E-state index contributed by atoms with van der Waals surface area (Å²) in [6, 6.07) is 17.8.